The largest absolute Gasteiger partial charge is 0.462 e. The second-order valence-corrected chi connectivity index (χ2v) is 13.2. The van der Waals surface area contributed by atoms with Crippen molar-refractivity contribution in [3.8, 4) is 0 Å². The van der Waals surface area contributed by atoms with Crippen LogP contribution < -0.4 is 0 Å². The Bertz CT molecular complexity index is 1160. The molecule has 3 aliphatic heterocycles. The molecule has 7 unspecified atom stereocenters. The van der Waals surface area contributed by atoms with Crippen LogP contribution >= 0.6 is 11.6 Å². The summed E-state index contributed by atoms with van der Waals surface area (Å²) in [5.41, 5.74) is 2.93. The van der Waals surface area contributed by atoms with Crippen LogP contribution in [0.5, 0.6) is 0 Å². The molecule has 2 aromatic rings. The molecule has 5 nitrogen and oxygen atoms in total. The van der Waals surface area contributed by atoms with E-state index >= 15 is 0 Å². The molecule has 0 N–H and O–H groups in total. The first kappa shape index (κ1) is 25.1. The van der Waals surface area contributed by atoms with Gasteiger partial charge < -0.3 is 9.47 Å². The number of piperazine rings is 1. The van der Waals surface area contributed by atoms with Crippen molar-refractivity contribution in [1.29, 1.82) is 0 Å². The summed E-state index contributed by atoms with van der Waals surface area (Å²) in [5.74, 6) is 0.947. The predicted octanol–water partition coefficient (Wildman–Crippen LogP) is 5.57. The van der Waals surface area contributed by atoms with Crippen LogP contribution in [0.1, 0.15) is 56.2 Å². The van der Waals surface area contributed by atoms with E-state index in [1.807, 2.05) is 12.1 Å². The van der Waals surface area contributed by atoms with Crippen LogP contribution in [-0.4, -0.2) is 66.8 Å². The first-order chi connectivity index (χ1) is 18.4. The summed E-state index contributed by atoms with van der Waals surface area (Å²) in [6.07, 6.45) is 5.88. The third-order valence-corrected chi connectivity index (χ3v) is 10.9. The van der Waals surface area contributed by atoms with Gasteiger partial charge in [0.1, 0.15) is 6.10 Å². The summed E-state index contributed by atoms with van der Waals surface area (Å²) in [6.45, 7) is 8.04. The van der Waals surface area contributed by atoms with E-state index in [9.17, 15) is 4.79 Å². The highest BCUT2D eigenvalue weighted by molar-refractivity contribution is 6.30. The number of esters is 1. The summed E-state index contributed by atoms with van der Waals surface area (Å²) in [4.78, 5) is 18.3. The standard InChI is InChI=1S/C32H39ClN2O3/c1-31-12-5-13-32(21-37-32)28(31)18-25-26(30(36)38-27(25)19-31)20-34-14-16-35(17-15-34)29(22-6-3-2-4-7-22)23-8-10-24(33)11-9-23/h2-4,6-11,25-29H,5,12-21H2,1H3. The lowest BCUT2D eigenvalue weighted by Gasteiger charge is -2.51. The van der Waals surface area contributed by atoms with E-state index in [0.717, 1.165) is 57.2 Å². The topological polar surface area (TPSA) is 45.3 Å². The zero-order chi connectivity index (χ0) is 25.9. The van der Waals surface area contributed by atoms with Gasteiger partial charge in [-0.05, 0) is 66.7 Å². The van der Waals surface area contributed by atoms with Gasteiger partial charge in [0, 0.05) is 43.7 Å². The SMILES string of the molecule is CC12CCCC3(CO3)C1CC1C(C2)OC(=O)C1CN1CCN(C(c2ccccc2)c2ccc(Cl)cc2)CC1. The first-order valence-electron chi connectivity index (χ1n) is 14.6. The molecule has 7 rings (SSSR count). The number of epoxide rings is 1. The molecular weight excluding hydrogens is 496 g/mol. The van der Waals surface area contributed by atoms with E-state index in [-0.39, 0.29) is 35.0 Å². The Morgan fingerprint density at radius 1 is 1.00 bits per heavy atom. The number of hydrogen-bond donors (Lipinski definition) is 0. The molecular formula is C32H39ClN2O3. The maximum atomic E-state index is 13.2. The number of hydrogen-bond acceptors (Lipinski definition) is 5. The van der Waals surface area contributed by atoms with Gasteiger partial charge in [0.2, 0.25) is 0 Å². The van der Waals surface area contributed by atoms with Crippen molar-refractivity contribution < 1.29 is 14.3 Å². The first-order valence-corrected chi connectivity index (χ1v) is 14.9. The second-order valence-electron chi connectivity index (χ2n) is 12.8. The van der Waals surface area contributed by atoms with Crippen LogP contribution in [0, 0.1) is 23.2 Å². The van der Waals surface area contributed by atoms with Crippen molar-refractivity contribution in [2.75, 3.05) is 39.3 Å². The highest BCUT2D eigenvalue weighted by Crippen LogP contribution is 2.62. The summed E-state index contributed by atoms with van der Waals surface area (Å²) in [6, 6.07) is 19.2. The molecule has 1 spiro atoms. The fraction of sp³-hybridized carbons (Fsp3) is 0.594. The monoisotopic (exact) mass is 534 g/mol. The number of nitrogens with zero attached hydrogens (tertiary/aromatic N) is 2. The Morgan fingerprint density at radius 3 is 2.42 bits per heavy atom. The number of fused-ring (bicyclic) bond motifs is 3. The van der Waals surface area contributed by atoms with Gasteiger partial charge in [-0.1, -0.05) is 61.0 Å². The van der Waals surface area contributed by atoms with Gasteiger partial charge in [0.05, 0.1) is 24.2 Å². The van der Waals surface area contributed by atoms with Crippen LogP contribution in [0.25, 0.3) is 0 Å². The molecule has 7 atom stereocenters. The molecule has 2 aromatic carbocycles. The number of carbonyl (C=O) groups excluding carboxylic acids is 1. The minimum atomic E-state index is -0.00462. The van der Waals surface area contributed by atoms with E-state index in [1.54, 1.807) is 0 Å². The van der Waals surface area contributed by atoms with E-state index in [0.29, 0.717) is 11.8 Å². The maximum absolute atomic E-state index is 13.2. The average molecular weight is 535 g/mol. The molecule has 3 heterocycles. The summed E-state index contributed by atoms with van der Waals surface area (Å²) >= 11 is 6.21. The van der Waals surface area contributed by atoms with Crippen molar-refractivity contribution in [3.63, 3.8) is 0 Å². The number of carbonyl (C=O) groups is 1. The maximum Gasteiger partial charge on any atom is 0.310 e. The minimum Gasteiger partial charge on any atom is -0.462 e. The molecule has 3 saturated heterocycles. The predicted molar refractivity (Wildman–Crippen MR) is 148 cm³/mol. The minimum absolute atomic E-state index is 0.00462. The Balaban J connectivity index is 1.04. The van der Waals surface area contributed by atoms with Gasteiger partial charge in [-0.25, -0.2) is 0 Å². The van der Waals surface area contributed by atoms with Gasteiger partial charge in [-0.2, -0.15) is 0 Å². The molecule has 0 bridgehead atoms. The number of rotatable bonds is 5. The summed E-state index contributed by atoms with van der Waals surface area (Å²) in [5, 5.41) is 0.766. The van der Waals surface area contributed by atoms with Crippen LogP contribution in [-0.2, 0) is 14.3 Å². The van der Waals surface area contributed by atoms with Crippen molar-refractivity contribution in [3.05, 3.63) is 70.7 Å². The lowest BCUT2D eigenvalue weighted by Crippen LogP contribution is -2.52. The van der Waals surface area contributed by atoms with Crippen molar-refractivity contribution in [2.45, 2.75) is 56.8 Å². The molecule has 0 radical (unpaired) electrons. The molecule has 2 saturated carbocycles. The fourth-order valence-electron chi connectivity index (χ4n) is 8.54. The molecule has 5 aliphatic rings. The van der Waals surface area contributed by atoms with Gasteiger partial charge in [0.25, 0.3) is 0 Å². The van der Waals surface area contributed by atoms with Gasteiger partial charge >= 0.3 is 5.97 Å². The number of ether oxygens (including phenoxy) is 2. The molecule has 2 aliphatic carbocycles. The number of halogens is 1. The smallest absolute Gasteiger partial charge is 0.310 e. The van der Waals surface area contributed by atoms with E-state index in [2.05, 4.69) is 59.2 Å². The molecule has 38 heavy (non-hydrogen) atoms. The quantitative estimate of drug-likeness (QED) is 0.370. The van der Waals surface area contributed by atoms with Gasteiger partial charge in [-0.15, -0.1) is 0 Å². The zero-order valence-corrected chi connectivity index (χ0v) is 23.1. The molecule has 0 amide bonds. The highest BCUT2D eigenvalue weighted by Gasteiger charge is 2.65. The Labute approximate surface area is 231 Å². The molecule has 0 aromatic heterocycles. The van der Waals surface area contributed by atoms with Gasteiger partial charge in [0.15, 0.2) is 0 Å². The molecule has 6 heteroatoms. The van der Waals surface area contributed by atoms with Crippen LogP contribution in [0.15, 0.2) is 54.6 Å². The Kier molecular flexibility index (Phi) is 6.35. The highest BCUT2D eigenvalue weighted by atomic mass is 35.5. The summed E-state index contributed by atoms with van der Waals surface area (Å²) in [7, 11) is 0. The van der Waals surface area contributed by atoms with Gasteiger partial charge in [-0.3, -0.25) is 14.6 Å². The van der Waals surface area contributed by atoms with Crippen molar-refractivity contribution >= 4 is 17.6 Å². The lowest BCUT2D eigenvalue weighted by molar-refractivity contribution is -0.147. The fourth-order valence-corrected chi connectivity index (χ4v) is 8.67. The van der Waals surface area contributed by atoms with Crippen LogP contribution in [0.4, 0.5) is 0 Å². The Hall–Kier alpha value is -1.92. The third-order valence-electron chi connectivity index (χ3n) is 10.6. The van der Waals surface area contributed by atoms with E-state index in [4.69, 9.17) is 21.1 Å². The lowest BCUT2D eigenvalue weighted by atomic mass is 9.53. The zero-order valence-electron chi connectivity index (χ0n) is 22.4. The average Bonchev–Trinajstić information content (AvgIpc) is 3.63. The van der Waals surface area contributed by atoms with E-state index in [1.165, 1.54) is 30.4 Å². The van der Waals surface area contributed by atoms with Crippen molar-refractivity contribution in [1.82, 2.24) is 9.80 Å². The normalized spacial score (nSPS) is 37.9. The second kappa shape index (κ2) is 9.62. The van der Waals surface area contributed by atoms with Crippen LogP contribution in [0.3, 0.4) is 0 Å². The third kappa shape index (κ3) is 4.40. The van der Waals surface area contributed by atoms with Crippen molar-refractivity contribution in [2.24, 2.45) is 23.2 Å². The Morgan fingerprint density at radius 2 is 1.71 bits per heavy atom. The molecule has 5 fully saturated rings. The van der Waals surface area contributed by atoms with E-state index < -0.39 is 0 Å². The molecule has 202 valence electrons. The van der Waals surface area contributed by atoms with Crippen LogP contribution in [0.2, 0.25) is 5.02 Å². The summed E-state index contributed by atoms with van der Waals surface area (Å²) < 4.78 is 12.2. The number of benzene rings is 2.